The fourth-order valence-corrected chi connectivity index (χ4v) is 0.612. The van der Waals surface area contributed by atoms with Crippen molar-refractivity contribution in [3.05, 3.63) is 0 Å². The van der Waals surface area contributed by atoms with Gasteiger partial charge in [0.25, 0.3) is 5.97 Å². The maximum absolute atomic E-state index is 10.7. The number of carboxylic acid groups (broad SMARTS) is 2. The average molecular weight is 234 g/mol. The lowest BCUT2D eigenvalue weighted by molar-refractivity contribution is -0.147. The van der Waals surface area contributed by atoms with Gasteiger partial charge in [-0.2, -0.15) is 0 Å². The van der Waals surface area contributed by atoms with E-state index >= 15 is 0 Å². The van der Waals surface area contributed by atoms with Gasteiger partial charge in [0.05, 0.1) is 19.4 Å². The van der Waals surface area contributed by atoms with Gasteiger partial charge in [0.15, 0.2) is 0 Å². The van der Waals surface area contributed by atoms with Crippen molar-refractivity contribution < 1.29 is 29.3 Å². The molecule has 0 aromatic rings. The number of hydrogen-bond donors (Lipinski definition) is 2. The summed E-state index contributed by atoms with van der Waals surface area (Å²) in [4.78, 5) is 29.8. The Morgan fingerprint density at radius 1 is 1.12 bits per heavy atom. The second-order valence-corrected chi connectivity index (χ2v) is 2.99. The van der Waals surface area contributed by atoms with Gasteiger partial charge in [-0.3, -0.25) is 14.4 Å². The monoisotopic (exact) mass is 234 g/mol. The summed E-state index contributed by atoms with van der Waals surface area (Å²) in [6, 6.07) is 0. The van der Waals surface area contributed by atoms with Crippen molar-refractivity contribution in [1.29, 1.82) is 0 Å². The molecule has 0 amide bonds. The highest BCUT2D eigenvalue weighted by Crippen LogP contribution is 1.95. The van der Waals surface area contributed by atoms with E-state index in [0.29, 0.717) is 6.61 Å². The van der Waals surface area contributed by atoms with Crippen molar-refractivity contribution in [2.45, 2.75) is 39.5 Å². The van der Waals surface area contributed by atoms with Crippen molar-refractivity contribution in [3.8, 4) is 0 Å². The van der Waals surface area contributed by atoms with E-state index in [1.54, 1.807) is 0 Å². The first-order valence-electron chi connectivity index (χ1n) is 4.97. The highest BCUT2D eigenvalue weighted by Gasteiger charge is 2.05. The lowest BCUT2D eigenvalue weighted by atomic mass is 10.3. The van der Waals surface area contributed by atoms with Crippen LogP contribution in [0.25, 0.3) is 0 Å². The minimum Gasteiger partial charge on any atom is -0.481 e. The van der Waals surface area contributed by atoms with Gasteiger partial charge in [0.2, 0.25) is 0 Å². The van der Waals surface area contributed by atoms with Crippen LogP contribution < -0.4 is 0 Å². The molecular formula is C10H18O6. The lowest BCUT2D eigenvalue weighted by Crippen LogP contribution is -2.08. The number of unbranched alkanes of at least 4 members (excludes halogenated alkanes) is 1. The summed E-state index contributed by atoms with van der Waals surface area (Å²) < 4.78 is 4.73. The first-order chi connectivity index (χ1) is 7.40. The Bertz CT molecular complexity index is 219. The predicted molar refractivity (Wildman–Crippen MR) is 56.0 cm³/mol. The molecule has 16 heavy (non-hydrogen) atoms. The minimum absolute atomic E-state index is 0.0287. The Morgan fingerprint density at radius 3 is 2.00 bits per heavy atom. The highest BCUT2D eigenvalue weighted by atomic mass is 16.5. The molecule has 0 aromatic heterocycles. The van der Waals surface area contributed by atoms with Crippen LogP contribution in [-0.4, -0.2) is 34.7 Å². The van der Waals surface area contributed by atoms with Gasteiger partial charge in [0, 0.05) is 6.92 Å². The summed E-state index contributed by atoms with van der Waals surface area (Å²) in [5.74, 6) is -2.23. The first-order valence-corrected chi connectivity index (χ1v) is 4.97. The van der Waals surface area contributed by atoms with E-state index in [1.807, 2.05) is 6.92 Å². The molecule has 0 radical (unpaired) electrons. The van der Waals surface area contributed by atoms with Crippen LogP contribution in [0.1, 0.15) is 39.5 Å². The summed E-state index contributed by atoms with van der Waals surface area (Å²) >= 11 is 0. The number of carbonyl (C=O) groups is 3. The molecule has 0 saturated carbocycles. The number of esters is 1. The van der Waals surface area contributed by atoms with Gasteiger partial charge in [-0.05, 0) is 6.42 Å². The van der Waals surface area contributed by atoms with E-state index in [-0.39, 0.29) is 12.8 Å². The fraction of sp³-hybridized carbons (Fsp3) is 0.700. The molecule has 0 aromatic carbocycles. The Morgan fingerprint density at radius 2 is 1.62 bits per heavy atom. The summed E-state index contributed by atoms with van der Waals surface area (Å²) in [6.45, 7) is 3.47. The van der Waals surface area contributed by atoms with E-state index in [4.69, 9.17) is 19.7 Å². The Hall–Kier alpha value is -1.59. The maximum Gasteiger partial charge on any atom is 0.306 e. The zero-order valence-corrected chi connectivity index (χ0v) is 9.56. The topological polar surface area (TPSA) is 101 Å². The van der Waals surface area contributed by atoms with Crippen molar-refractivity contribution >= 4 is 17.9 Å². The smallest absolute Gasteiger partial charge is 0.306 e. The molecule has 2 N–H and O–H groups in total. The fourth-order valence-electron chi connectivity index (χ4n) is 0.612. The number of hydrogen-bond acceptors (Lipinski definition) is 4. The number of ether oxygens (including phenoxy) is 1. The maximum atomic E-state index is 10.7. The molecule has 6 heteroatoms. The third kappa shape index (κ3) is 22.8. The molecule has 0 saturated heterocycles. The van der Waals surface area contributed by atoms with Gasteiger partial charge >= 0.3 is 11.9 Å². The van der Waals surface area contributed by atoms with E-state index in [1.165, 1.54) is 0 Å². The molecule has 0 aliphatic rings. The number of carbonyl (C=O) groups excluding carboxylic acids is 1. The molecule has 0 heterocycles. The first kappa shape index (κ1) is 16.8. The van der Waals surface area contributed by atoms with E-state index in [9.17, 15) is 9.59 Å². The molecule has 0 aliphatic heterocycles. The predicted octanol–water partition coefficient (Wildman–Crippen LogP) is 1.29. The third-order valence-corrected chi connectivity index (χ3v) is 1.30. The van der Waals surface area contributed by atoms with Crippen LogP contribution in [0.4, 0.5) is 0 Å². The Balaban J connectivity index is 0. The van der Waals surface area contributed by atoms with E-state index in [2.05, 4.69) is 0 Å². The molecule has 6 nitrogen and oxygen atoms in total. The summed E-state index contributed by atoms with van der Waals surface area (Å²) in [7, 11) is 0. The van der Waals surface area contributed by atoms with Crippen LogP contribution in [0.2, 0.25) is 0 Å². The van der Waals surface area contributed by atoms with Gasteiger partial charge in [-0.1, -0.05) is 13.3 Å². The standard InChI is InChI=1S/C8H14O4.C2H4O2/c1-2-3-6-12-8(11)5-4-7(9)10;1-2(3)4/h2-6H2,1H3,(H,9,10);1H3,(H,3,4). The zero-order valence-electron chi connectivity index (χ0n) is 9.56. The van der Waals surface area contributed by atoms with Gasteiger partial charge in [-0.15, -0.1) is 0 Å². The quantitative estimate of drug-likeness (QED) is 0.530. The molecule has 0 aliphatic carbocycles. The van der Waals surface area contributed by atoms with Crippen molar-refractivity contribution in [3.63, 3.8) is 0 Å². The summed E-state index contributed by atoms with van der Waals surface area (Å²) in [5, 5.41) is 15.6. The number of aliphatic carboxylic acids is 2. The molecule has 0 fully saturated rings. The minimum atomic E-state index is -0.970. The normalized spacial score (nSPS) is 8.62. The average Bonchev–Trinajstić information content (AvgIpc) is 2.14. The number of rotatable bonds is 6. The molecule has 0 unspecified atom stereocenters. The van der Waals surface area contributed by atoms with Crippen LogP contribution in [0.3, 0.4) is 0 Å². The third-order valence-electron chi connectivity index (χ3n) is 1.30. The van der Waals surface area contributed by atoms with Crippen LogP contribution in [-0.2, 0) is 19.1 Å². The van der Waals surface area contributed by atoms with Crippen LogP contribution in [0.15, 0.2) is 0 Å². The second-order valence-electron chi connectivity index (χ2n) is 2.99. The van der Waals surface area contributed by atoms with Crippen molar-refractivity contribution in [2.75, 3.05) is 6.61 Å². The molecule has 0 atom stereocenters. The molecule has 94 valence electrons. The lowest BCUT2D eigenvalue weighted by Gasteiger charge is -2.01. The molecule has 0 spiro atoms. The van der Waals surface area contributed by atoms with Crippen molar-refractivity contribution in [1.82, 2.24) is 0 Å². The summed E-state index contributed by atoms with van der Waals surface area (Å²) in [5.41, 5.74) is 0. The SMILES string of the molecule is CC(=O)O.CCCCOC(=O)CCC(=O)O. The zero-order chi connectivity index (χ0) is 13.0. The number of carboxylic acids is 2. The Labute approximate surface area is 94.2 Å². The van der Waals surface area contributed by atoms with Gasteiger partial charge in [-0.25, -0.2) is 0 Å². The van der Waals surface area contributed by atoms with Crippen LogP contribution in [0.5, 0.6) is 0 Å². The molecular weight excluding hydrogens is 216 g/mol. The second kappa shape index (κ2) is 11.5. The molecule has 0 rings (SSSR count). The van der Waals surface area contributed by atoms with Crippen LogP contribution in [0, 0.1) is 0 Å². The largest absolute Gasteiger partial charge is 0.481 e. The van der Waals surface area contributed by atoms with Crippen LogP contribution >= 0.6 is 0 Å². The van der Waals surface area contributed by atoms with Gasteiger partial charge in [0.1, 0.15) is 0 Å². The van der Waals surface area contributed by atoms with Gasteiger partial charge < -0.3 is 14.9 Å². The highest BCUT2D eigenvalue weighted by molar-refractivity contribution is 5.76. The molecule has 0 bridgehead atoms. The Kier molecular flexibility index (Phi) is 12.1. The van der Waals surface area contributed by atoms with E-state index in [0.717, 1.165) is 19.8 Å². The van der Waals surface area contributed by atoms with Crippen molar-refractivity contribution in [2.24, 2.45) is 0 Å². The van der Waals surface area contributed by atoms with E-state index < -0.39 is 17.9 Å². The summed E-state index contributed by atoms with van der Waals surface area (Å²) in [6.07, 6.45) is 1.62.